The molecule has 0 fully saturated rings. The van der Waals surface area contributed by atoms with Gasteiger partial charge in [0.2, 0.25) is 10.0 Å². The van der Waals surface area contributed by atoms with Crippen LogP contribution in [0.4, 0.5) is 5.82 Å². The Labute approximate surface area is 129 Å². The molecule has 0 bridgehead atoms. The molecule has 0 saturated carbocycles. The van der Waals surface area contributed by atoms with Crippen molar-refractivity contribution in [3.8, 4) is 0 Å². The molecule has 2 rings (SSSR count). The third kappa shape index (κ3) is 4.03. The zero-order valence-corrected chi connectivity index (χ0v) is 13.7. The van der Waals surface area contributed by atoms with Crippen molar-refractivity contribution in [1.29, 1.82) is 0 Å². The predicted molar refractivity (Wildman–Crippen MR) is 86.1 cm³/mol. The molecule has 2 N–H and O–H groups in total. The third-order valence-electron chi connectivity index (χ3n) is 2.90. The summed E-state index contributed by atoms with van der Waals surface area (Å²) in [6.45, 7) is 4.53. The van der Waals surface area contributed by atoms with Crippen LogP contribution in [-0.2, 0) is 10.0 Å². The van der Waals surface area contributed by atoms with Gasteiger partial charge in [-0.05, 0) is 36.9 Å². The van der Waals surface area contributed by atoms with E-state index < -0.39 is 10.0 Å². The van der Waals surface area contributed by atoms with E-state index in [-0.39, 0.29) is 10.9 Å². The Balaban J connectivity index is 2.23. The van der Waals surface area contributed by atoms with Gasteiger partial charge in [-0.25, -0.2) is 18.1 Å². The van der Waals surface area contributed by atoms with Gasteiger partial charge >= 0.3 is 0 Å². The van der Waals surface area contributed by atoms with Crippen molar-refractivity contribution in [3.63, 3.8) is 0 Å². The van der Waals surface area contributed by atoms with Crippen molar-refractivity contribution in [1.82, 2.24) is 9.71 Å². The van der Waals surface area contributed by atoms with Gasteiger partial charge in [0, 0.05) is 17.6 Å². The van der Waals surface area contributed by atoms with Crippen molar-refractivity contribution >= 4 is 27.2 Å². The Morgan fingerprint density at radius 2 is 2.14 bits per heavy atom. The second-order valence-electron chi connectivity index (χ2n) is 4.64. The van der Waals surface area contributed by atoms with E-state index in [1.54, 1.807) is 18.3 Å². The first-order valence-corrected chi connectivity index (χ1v) is 9.15. The van der Waals surface area contributed by atoms with Gasteiger partial charge in [-0.1, -0.05) is 13.0 Å². The van der Waals surface area contributed by atoms with Gasteiger partial charge in [0.15, 0.2) is 0 Å². The second kappa shape index (κ2) is 7.02. The molecule has 0 saturated heterocycles. The topological polar surface area (TPSA) is 71.1 Å². The number of hydrogen-bond acceptors (Lipinski definition) is 5. The highest BCUT2D eigenvalue weighted by molar-refractivity contribution is 7.89. The average Bonchev–Trinajstić information content (AvgIpc) is 2.99. The SMILES string of the molecule is CCCNc1ncccc1S(=O)(=O)NC(C)c1cccs1. The van der Waals surface area contributed by atoms with Crippen LogP contribution in [0.2, 0.25) is 0 Å². The van der Waals surface area contributed by atoms with Crippen LogP contribution in [0.15, 0.2) is 40.7 Å². The van der Waals surface area contributed by atoms with Gasteiger partial charge in [-0.3, -0.25) is 0 Å². The second-order valence-corrected chi connectivity index (χ2v) is 7.30. The minimum absolute atomic E-state index is 0.182. The summed E-state index contributed by atoms with van der Waals surface area (Å²) in [5.74, 6) is 0.394. The molecule has 0 radical (unpaired) electrons. The number of nitrogens with zero attached hydrogens (tertiary/aromatic N) is 1. The van der Waals surface area contributed by atoms with Crippen LogP contribution in [0.5, 0.6) is 0 Å². The molecule has 0 aromatic carbocycles. The van der Waals surface area contributed by atoms with E-state index in [9.17, 15) is 8.42 Å². The summed E-state index contributed by atoms with van der Waals surface area (Å²) in [5, 5.41) is 4.98. The summed E-state index contributed by atoms with van der Waals surface area (Å²) in [5.41, 5.74) is 0. The minimum Gasteiger partial charge on any atom is -0.369 e. The highest BCUT2D eigenvalue weighted by Crippen LogP contribution is 2.23. The number of thiophene rings is 1. The highest BCUT2D eigenvalue weighted by atomic mass is 32.2. The zero-order chi connectivity index (χ0) is 15.3. The molecule has 0 aliphatic carbocycles. The molecule has 2 heterocycles. The Morgan fingerprint density at radius 3 is 2.81 bits per heavy atom. The first kappa shape index (κ1) is 15.9. The maximum absolute atomic E-state index is 12.5. The quantitative estimate of drug-likeness (QED) is 0.821. The number of hydrogen-bond donors (Lipinski definition) is 2. The molecule has 0 aliphatic heterocycles. The van der Waals surface area contributed by atoms with Gasteiger partial charge in [0.1, 0.15) is 10.7 Å². The van der Waals surface area contributed by atoms with Crippen molar-refractivity contribution in [3.05, 3.63) is 40.7 Å². The molecule has 2 aromatic rings. The lowest BCUT2D eigenvalue weighted by Crippen LogP contribution is -2.27. The minimum atomic E-state index is -3.61. The van der Waals surface area contributed by atoms with Crippen LogP contribution in [0.25, 0.3) is 0 Å². The first-order valence-electron chi connectivity index (χ1n) is 6.79. The maximum atomic E-state index is 12.5. The lowest BCUT2D eigenvalue weighted by atomic mass is 10.3. The largest absolute Gasteiger partial charge is 0.369 e. The molecule has 7 heteroatoms. The number of sulfonamides is 1. The molecule has 0 amide bonds. The van der Waals surface area contributed by atoms with E-state index in [4.69, 9.17) is 0 Å². The summed E-state index contributed by atoms with van der Waals surface area (Å²) in [7, 11) is -3.61. The van der Waals surface area contributed by atoms with Crippen LogP contribution in [0, 0.1) is 0 Å². The van der Waals surface area contributed by atoms with Gasteiger partial charge in [-0.15, -0.1) is 11.3 Å². The van der Waals surface area contributed by atoms with Crippen molar-refractivity contribution < 1.29 is 8.42 Å². The summed E-state index contributed by atoms with van der Waals surface area (Å²) < 4.78 is 27.8. The van der Waals surface area contributed by atoms with Gasteiger partial charge in [0.25, 0.3) is 0 Å². The van der Waals surface area contributed by atoms with Crippen LogP contribution in [-0.4, -0.2) is 19.9 Å². The molecule has 0 spiro atoms. The number of rotatable bonds is 7. The fourth-order valence-electron chi connectivity index (χ4n) is 1.88. The summed E-state index contributed by atoms with van der Waals surface area (Å²) in [4.78, 5) is 5.28. The van der Waals surface area contributed by atoms with Gasteiger partial charge in [-0.2, -0.15) is 0 Å². The Hall–Kier alpha value is -1.44. The Bertz CT molecular complexity index is 669. The summed E-state index contributed by atoms with van der Waals surface area (Å²) >= 11 is 1.53. The zero-order valence-electron chi connectivity index (χ0n) is 12.0. The smallest absolute Gasteiger partial charge is 0.244 e. The predicted octanol–water partition coefficient (Wildman–Crippen LogP) is 3.00. The Morgan fingerprint density at radius 1 is 1.33 bits per heavy atom. The normalized spacial score (nSPS) is 13.0. The summed E-state index contributed by atoms with van der Waals surface area (Å²) in [6.07, 6.45) is 2.48. The average molecular weight is 325 g/mol. The lowest BCUT2D eigenvalue weighted by Gasteiger charge is -2.15. The number of aromatic nitrogens is 1. The van der Waals surface area contributed by atoms with E-state index in [2.05, 4.69) is 15.0 Å². The van der Waals surface area contributed by atoms with Gasteiger partial charge < -0.3 is 5.32 Å². The molecule has 5 nitrogen and oxygen atoms in total. The molecule has 1 atom stereocenters. The van der Waals surface area contributed by atoms with Crippen LogP contribution >= 0.6 is 11.3 Å². The maximum Gasteiger partial charge on any atom is 0.244 e. The van der Waals surface area contributed by atoms with Crippen LogP contribution < -0.4 is 10.0 Å². The van der Waals surface area contributed by atoms with E-state index in [0.29, 0.717) is 12.4 Å². The monoisotopic (exact) mass is 325 g/mol. The highest BCUT2D eigenvalue weighted by Gasteiger charge is 2.22. The molecule has 0 aliphatic rings. The number of anilines is 1. The number of pyridine rings is 1. The fourth-order valence-corrected chi connectivity index (χ4v) is 4.04. The van der Waals surface area contributed by atoms with Crippen molar-refractivity contribution in [2.75, 3.05) is 11.9 Å². The van der Waals surface area contributed by atoms with Crippen LogP contribution in [0.3, 0.4) is 0 Å². The lowest BCUT2D eigenvalue weighted by molar-refractivity contribution is 0.568. The standard InChI is InChI=1S/C14H19N3O2S2/c1-3-8-15-14-13(7-4-9-16-14)21(18,19)17-11(2)12-6-5-10-20-12/h4-7,9-11,17H,3,8H2,1-2H3,(H,15,16). The van der Waals surface area contributed by atoms with Gasteiger partial charge in [0.05, 0.1) is 6.04 Å². The fraction of sp³-hybridized carbons (Fsp3) is 0.357. The van der Waals surface area contributed by atoms with E-state index in [1.807, 2.05) is 31.4 Å². The van der Waals surface area contributed by atoms with Crippen molar-refractivity contribution in [2.24, 2.45) is 0 Å². The van der Waals surface area contributed by atoms with Crippen molar-refractivity contribution in [2.45, 2.75) is 31.2 Å². The van der Waals surface area contributed by atoms with E-state index in [0.717, 1.165) is 11.3 Å². The first-order chi connectivity index (χ1) is 10.0. The Kier molecular flexibility index (Phi) is 5.33. The van der Waals surface area contributed by atoms with E-state index >= 15 is 0 Å². The molecule has 2 aromatic heterocycles. The third-order valence-corrected chi connectivity index (χ3v) is 5.53. The van der Waals surface area contributed by atoms with Crippen LogP contribution in [0.1, 0.15) is 31.2 Å². The molecule has 1 unspecified atom stereocenters. The molecular formula is C14H19N3O2S2. The molecule has 21 heavy (non-hydrogen) atoms. The summed E-state index contributed by atoms with van der Waals surface area (Å²) in [6, 6.07) is 6.74. The molecule has 114 valence electrons. The number of nitrogens with one attached hydrogen (secondary N) is 2. The van der Waals surface area contributed by atoms with E-state index in [1.165, 1.54) is 11.3 Å². The molecular weight excluding hydrogens is 306 g/mol.